The van der Waals surface area contributed by atoms with Gasteiger partial charge in [-0.3, -0.25) is 4.79 Å². The fourth-order valence-electron chi connectivity index (χ4n) is 2.52. The second kappa shape index (κ2) is 8.04. The molecule has 2 rings (SSSR count). The van der Waals surface area contributed by atoms with Crippen LogP contribution in [0.25, 0.3) is 0 Å². The molecule has 0 spiro atoms. The maximum atomic E-state index is 12.2. The van der Waals surface area contributed by atoms with Crippen molar-refractivity contribution in [3.8, 4) is 0 Å². The van der Waals surface area contributed by atoms with Gasteiger partial charge in [0.15, 0.2) is 5.78 Å². The summed E-state index contributed by atoms with van der Waals surface area (Å²) in [6.45, 7) is 6.54. The minimum absolute atomic E-state index is 0.107. The standard InChI is InChI=1S/C20H25NO2/c1-14-9-10-18(13-15(14)2)19(22)11-12-21-16(3)20(23)17-7-5-4-6-8-17/h4-10,13,16,20-21,23H,11-12H2,1-3H3. The number of rotatable bonds is 7. The Balaban J connectivity index is 1.84. The molecule has 0 radical (unpaired) electrons. The van der Waals surface area contributed by atoms with Gasteiger partial charge in [-0.05, 0) is 43.5 Å². The highest BCUT2D eigenvalue weighted by Gasteiger charge is 2.16. The lowest BCUT2D eigenvalue weighted by molar-refractivity contribution is 0.0972. The van der Waals surface area contributed by atoms with Gasteiger partial charge >= 0.3 is 0 Å². The molecule has 0 aromatic heterocycles. The summed E-state index contributed by atoms with van der Waals surface area (Å²) < 4.78 is 0. The Morgan fingerprint density at radius 2 is 1.78 bits per heavy atom. The van der Waals surface area contributed by atoms with Gasteiger partial charge < -0.3 is 10.4 Å². The first-order valence-corrected chi connectivity index (χ1v) is 8.06. The van der Waals surface area contributed by atoms with Gasteiger partial charge in [0.25, 0.3) is 0 Å². The monoisotopic (exact) mass is 311 g/mol. The highest BCUT2D eigenvalue weighted by atomic mass is 16.3. The molecular weight excluding hydrogens is 286 g/mol. The van der Waals surface area contributed by atoms with Crippen molar-refractivity contribution in [1.82, 2.24) is 5.32 Å². The van der Waals surface area contributed by atoms with E-state index >= 15 is 0 Å². The van der Waals surface area contributed by atoms with Crippen molar-refractivity contribution in [3.05, 3.63) is 70.8 Å². The minimum atomic E-state index is -0.576. The molecule has 2 aromatic rings. The van der Waals surface area contributed by atoms with Crippen molar-refractivity contribution in [2.75, 3.05) is 6.54 Å². The number of hydrogen-bond donors (Lipinski definition) is 2. The van der Waals surface area contributed by atoms with Crippen LogP contribution >= 0.6 is 0 Å². The summed E-state index contributed by atoms with van der Waals surface area (Å²) in [7, 11) is 0. The summed E-state index contributed by atoms with van der Waals surface area (Å²) >= 11 is 0. The van der Waals surface area contributed by atoms with Gasteiger partial charge in [-0.25, -0.2) is 0 Å². The normalized spacial score (nSPS) is 13.6. The number of nitrogens with one attached hydrogen (secondary N) is 1. The second-order valence-corrected chi connectivity index (χ2v) is 6.07. The summed E-state index contributed by atoms with van der Waals surface area (Å²) in [6.07, 6.45) is -0.151. The average molecular weight is 311 g/mol. The molecule has 2 aromatic carbocycles. The topological polar surface area (TPSA) is 49.3 Å². The number of benzene rings is 2. The lowest BCUT2D eigenvalue weighted by Gasteiger charge is -2.20. The van der Waals surface area contributed by atoms with Crippen molar-refractivity contribution in [2.24, 2.45) is 0 Å². The Hall–Kier alpha value is -1.97. The summed E-state index contributed by atoms with van der Waals surface area (Å²) in [6, 6.07) is 15.3. The van der Waals surface area contributed by atoms with E-state index in [0.717, 1.165) is 16.7 Å². The van der Waals surface area contributed by atoms with Crippen LogP contribution in [0.15, 0.2) is 48.5 Å². The van der Waals surface area contributed by atoms with E-state index < -0.39 is 6.10 Å². The van der Waals surface area contributed by atoms with Gasteiger partial charge in [-0.1, -0.05) is 42.5 Å². The van der Waals surface area contributed by atoms with Crippen LogP contribution in [0, 0.1) is 13.8 Å². The second-order valence-electron chi connectivity index (χ2n) is 6.07. The van der Waals surface area contributed by atoms with E-state index in [1.165, 1.54) is 5.56 Å². The van der Waals surface area contributed by atoms with Gasteiger partial charge in [-0.2, -0.15) is 0 Å². The zero-order valence-electron chi connectivity index (χ0n) is 14.0. The van der Waals surface area contributed by atoms with Crippen LogP contribution in [0.3, 0.4) is 0 Å². The van der Waals surface area contributed by atoms with E-state index in [1.54, 1.807) is 0 Å². The van der Waals surface area contributed by atoms with Gasteiger partial charge in [-0.15, -0.1) is 0 Å². The Labute approximate surface area is 138 Å². The van der Waals surface area contributed by atoms with Gasteiger partial charge in [0, 0.05) is 24.6 Å². The number of carbonyl (C=O) groups excluding carboxylic acids is 1. The van der Waals surface area contributed by atoms with Crippen LogP contribution < -0.4 is 5.32 Å². The lowest BCUT2D eigenvalue weighted by atomic mass is 10.0. The molecule has 0 bridgehead atoms. The molecule has 2 N–H and O–H groups in total. The zero-order valence-corrected chi connectivity index (χ0v) is 14.0. The van der Waals surface area contributed by atoms with E-state index in [9.17, 15) is 9.90 Å². The van der Waals surface area contributed by atoms with E-state index in [2.05, 4.69) is 5.32 Å². The Bertz CT molecular complexity index is 652. The molecule has 0 fully saturated rings. The molecule has 122 valence electrons. The Morgan fingerprint density at radius 1 is 1.09 bits per heavy atom. The molecule has 3 heteroatoms. The third-order valence-electron chi connectivity index (χ3n) is 4.26. The number of aliphatic hydroxyl groups is 1. The highest BCUT2D eigenvalue weighted by molar-refractivity contribution is 5.96. The van der Waals surface area contributed by atoms with Crippen molar-refractivity contribution >= 4 is 5.78 Å². The summed E-state index contributed by atoms with van der Waals surface area (Å²) in [5.74, 6) is 0.127. The van der Waals surface area contributed by atoms with Gasteiger partial charge in [0.2, 0.25) is 0 Å². The van der Waals surface area contributed by atoms with E-state index in [0.29, 0.717) is 13.0 Å². The molecule has 23 heavy (non-hydrogen) atoms. The summed E-state index contributed by atoms with van der Waals surface area (Å²) in [5, 5.41) is 13.5. The van der Waals surface area contributed by atoms with Gasteiger partial charge in [0.05, 0.1) is 6.10 Å². The quantitative estimate of drug-likeness (QED) is 0.768. The number of hydrogen-bond acceptors (Lipinski definition) is 3. The molecule has 0 aliphatic carbocycles. The van der Waals surface area contributed by atoms with Gasteiger partial charge in [0.1, 0.15) is 0 Å². The zero-order chi connectivity index (χ0) is 16.8. The molecule has 2 atom stereocenters. The van der Waals surface area contributed by atoms with E-state index in [1.807, 2.05) is 69.3 Å². The molecular formula is C20H25NO2. The van der Waals surface area contributed by atoms with Crippen molar-refractivity contribution in [2.45, 2.75) is 39.3 Å². The van der Waals surface area contributed by atoms with Crippen LogP contribution in [0.2, 0.25) is 0 Å². The van der Waals surface area contributed by atoms with E-state index in [4.69, 9.17) is 0 Å². The predicted molar refractivity (Wildman–Crippen MR) is 93.7 cm³/mol. The number of carbonyl (C=O) groups is 1. The molecule has 2 unspecified atom stereocenters. The predicted octanol–water partition coefficient (Wildman–Crippen LogP) is 3.59. The lowest BCUT2D eigenvalue weighted by Crippen LogP contribution is -2.33. The van der Waals surface area contributed by atoms with Crippen molar-refractivity contribution < 1.29 is 9.90 Å². The van der Waals surface area contributed by atoms with Crippen molar-refractivity contribution in [3.63, 3.8) is 0 Å². The first kappa shape index (κ1) is 17.4. The number of aryl methyl sites for hydroxylation is 2. The van der Waals surface area contributed by atoms with Crippen LogP contribution in [-0.4, -0.2) is 23.5 Å². The smallest absolute Gasteiger partial charge is 0.164 e. The van der Waals surface area contributed by atoms with Crippen LogP contribution in [0.5, 0.6) is 0 Å². The minimum Gasteiger partial charge on any atom is -0.387 e. The fourth-order valence-corrected chi connectivity index (χ4v) is 2.52. The van der Waals surface area contributed by atoms with Crippen LogP contribution in [-0.2, 0) is 0 Å². The first-order chi connectivity index (χ1) is 11.0. The van der Waals surface area contributed by atoms with Crippen LogP contribution in [0.1, 0.15) is 46.5 Å². The summed E-state index contributed by atoms with van der Waals surface area (Å²) in [4.78, 5) is 12.2. The maximum absolute atomic E-state index is 12.2. The third kappa shape index (κ3) is 4.75. The van der Waals surface area contributed by atoms with Crippen LogP contribution in [0.4, 0.5) is 0 Å². The van der Waals surface area contributed by atoms with Crippen molar-refractivity contribution in [1.29, 1.82) is 0 Å². The molecule has 0 amide bonds. The first-order valence-electron chi connectivity index (χ1n) is 8.06. The number of Topliss-reactive ketones (excluding diaryl/α,β-unsaturated/α-hetero) is 1. The molecule has 0 heterocycles. The average Bonchev–Trinajstić information content (AvgIpc) is 2.57. The molecule has 3 nitrogen and oxygen atoms in total. The fraction of sp³-hybridized carbons (Fsp3) is 0.350. The number of ketones is 1. The Morgan fingerprint density at radius 3 is 2.43 bits per heavy atom. The summed E-state index contributed by atoms with van der Waals surface area (Å²) in [5.41, 5.74) is 3.97. The Kier molecular flexibility index (Phi) is 6.08. The molecule has 0 aliphatic rings. The van der Waals surface area contributed by atoms with E-state index in [-0.39, 0.29) is 11.8 Å². The molecule has 0 aliphatic heterocycles. The largest absolute Gasteiger partial charge is 0.387 e. The molecule has 0 saturated carbocycles. The number of aliphatic hydroxyl groups excluding tert-OH is 1. The third-order valence-corrected chi connectivity index (χ3v) is 4.26. The highest BCUT2D eigenvalue weighted by Crippen LogP contribution is 2.16. The maximum Gasteiger partial charge on any atom is 0.164 e. The molecule has 0 saturated heterocycles. The SMILES string of the molecule is Cc1ccc(C(=O)CCNC(C)C(O)c2ccccc2)cc1C.